The van der Waals surface area contributed by atoms with Gasteiger partial charge in [-0.05, 0) is 43.0 Å². The lowest BCUT2D eigenvalue weighted by atomic mass is 10.1. The van der Waals surface area contributed by atoms with Gasteiger partial charge in [-0.2, -0.15) is 0 Å². The van der Waals surface area contributed by atoms with E-state index in [0.29, 0.717) is 11.1 Å². The SMILES string of the molecule is CN(O[Si](c1ccccc1)(c1ccccc1)C(C)(C)C)C(=O)CCN(Cc1ccccc1O)CC(O)CN(CCC(=O)N(C)O[Si](c1ccccc1)(c1ccccc1)C(C)(C)C)Cc1ccccc1O. The third kappa shape index (κ3) is 12.9. The maximum absolute atomic E-state index is 14.2. The maximum Gasteiger partial charge on any atom is 0.296 e. The summed E-state index contributed by atoms with van der Waals surface area (Å²) < 4.78 is 14.0. The van der Waals surface area contributed by atoms with Crippen molar-refractivity contribution >= 4 is 49.2 Å². The van der Waals surface area contributed by atoms with Gasteiger partial charge in [-0.3, -0.25) is 19.4 Å². The quantitative estimate of drug-likeness (QED) is 0.0471. The van der Waals surface area contributed by atoms with E-state index in [9.17, 15) is 24.9 Å². The Hall–Kier alpha value is -5.91. The summed E-state index contributed by atoms with van der Waals surface area (Å²) in [6, 6.07) is 54.7. The first-order valence-corrected chi connectivity index (χ1v) is 28.0. The van der Waals surface area contributed by atoms with Crippen LogP contribution in [0.5, 0.6) is 11.5 Å². The monoisotopic (exact) mass is 980 g/mol. The molecule has 0 saturated carbocycles. The summed E-state index contributed by atoms with van der Waals surface area (Å²) in [6.07, 6.45) is -0.815. The summed E-state index contributed by atoms with van der Waals surface area (Å²) in [5.74, 6) is -0.225. The summed E-state index contributed by atoms with van der Waals surface area (Å²) in [5, 5.41) is 40.0. The molecule has 370 valence electrons. The van der Waals surface area contributed by atoms with Gasteiger partial charge in [-0.1, -0.05) is 199 Å². The molecule has 0 aliphatic rings. The molecule has 3 N–H and O–H groups in total. The van der Waals surface area contributed by atoms with Gasteiger partial charge < -0.3 is 24.4 Å². The number of aromatic hydroxyl groups is 2. The van der Waals surface area contributed by atoms with E-state index in [2.05, 4.69) is 90.1 Å². The van der Waals surface area contributed by atoms with Crippen molar-refractivity contribution in [1.82, 2.24) is 19.9 Å². The molecular formula is C57H72N4O7Si2. The molecule has 6 aromatic rings. The first kappa shape index (κ1) is 53.4. The highest BCUT2D eigenvalue weighted by Crippen LogP contribution is 2.38. The molecule has 0 aromatic heterocycles. The van der Waals surface area contributed by atoms with Gasteiger partial charge in [0.25, 0.3) is 16.6 Å². The highest BCUT2D eigenvalue weighted by Gasteiger charge is 2.54. The molecule has 0 spiro atoms. The van der Waals surface area contributed by atoms with Crippen molar-refractivity contribution in [1.29, 1.82) is 0 Å². The molecule has 0 aliphatic carbocycles. The Morgan fingerprint density at radius 2 is 0.743 bits per heavy atom. The van der Waals surface area contributed by atoms with Gasteiger partial charge >= 0.3 is 0 Å². The second kappa shape index (κ2) is 23.8. The number of nitrogens with zero attached hydrogens (tertiary/aromatic N) is 4. The zero-order chi connectivity index (χ0) is 50.5. The number of hydrogen-bond donors (Lipinski definition) is 3. The number of aliphatic hydroxyl groups excluding tert-OH is 1. The van der Waals surface area contributed by atoms with Crippen LogP contribution in [-0.4, -0.2) is 110 Å². The lowest BCUT2D eigenvalue weighted by molar-refractivity contribution is -0.155. The predicted octanol–water partition coefficient (Wildman–Crippen LogP) is 7.44. The Morgan fingerprint density at radius 3 is 1.01 bits per heavy atom. The van der Waals surface area contributed by atoms with Crippen LogP contribution in [-0.2, 0) is 31.7 Å². The number of carbonyl (C=O) groups excluding carboxylic acids is 2. The molecule has 0 unspecified atom stereocenters. The summed E-state index contributed by atoms with van der Waals surface area (Å²) >= 11 is 0. The van der Waals surface area contributed by atoms with Gasteiger partial charge in [-0.15, -0.1) is 0 Å². The van der Waals surface area contributed by atoms with Crippen molar-refractivity contribution in [2.75, 3.05) is 40.3 Å². The zero-order valence-corrected chi connectivity index (χ0v) is 44.2. The van der Waals surface area contributed by atoms with Gasteiger partial charge in [0, 0.05) is 77.3 Å². The van der Waals surface area contributed by atoms with E-state index >= 15 is 0 Å². The maximum atomic E-state index is 14.2. The second-order valence-electron chi connectivity index (χ2n) is 20.2. The highest BCUT2D eigenvalue weighted by molar-refractivity contribution is 7.00. The number of para-hydroxylation sites is 2. The van der Waals surface area contributed by atoms with Crippen molar-refractivity contribution in [3.63, 3.8) is 0 Å². The molecule has 0 bridgehead atoms. The van der Waals surface area contributed by atoms with Gasteiger partial charge in [0.1, 0.15) is 11.5 Å². The number of rotatable bonds is 22. The van der Waals surface area contributed by atoms with Crippen LogP contribution >= 0.6 is 0 Å². The third-order valence-corrected chi connectivity index (χ3v) is 23.0. The van der Waals surface area contributed by atoms with Crippen molar-refractivity contribution in [3.05, 3.63) is 181 Å². The summed E-state index contributed by atoms with van der Waals surface area (Å²) in [5.41, 5.74) is 1.30. The van der Waals surface area contributed by atoms with Crippen molar-refractivity contribution in [3.8, 4) is 11.5 Å². The molecule has 70 heavy (non-hydrogen) atoms. The van der Waals surface area contributed by atoms with Crippen LogP contribution in [0.4, 0.5) is 0 Å². The molecule has 0 aliphatic heterocycles. The first-order chi connectivity index (χ1) is 33.4. The Labute approximate surface area is 417 Å². The number of benzene rings is 6. The highest BCUT2D eigenvalue weighted by atomic mass is 28.4. The van der Waals surface area contributed by atoms with E-state index in [1.54, 1.807) is 38.4 Å². The summed E-state index contributed by atoms with van der Waals surface area (Å²) in [6.45, 7) is 14.3. The van der Waals surface area contributed by atoms with Crippen LogP contribution in [0.25, 0.3) is 0 Å². The number of carbonyl (C=O) groups is 2. The number of hydroxylamine groups is 4. The Balaban J connectivity index is 1.20. The largest absolute Gasteiger partial charge is 0.508 e. The van der Waals surface area contributed by atoms with Crippen LogP contribution in [0.3, 0.4) is 0 Å². The second-order valence-corrected chi connectivity index (χ2v) is 28.6. The number of aliphatic hydroxyl groups is 1. The molecular weight excluding hydrogens is 909 g/mol. The lowest BCUT2D eigenvalue weighted by Gasteiger charge is -2.44. The molecule has 0 saturated heterocycles. The van der Waals surface area contributed by atoms with E-state index in [0.717, 1.165) is 20.7 Å². The molecule has 6 rings (SSSR count). The normalized spacial score (nSPS) is 12.4. The van der Waals surface area contributed by atoms with Gasteiger partial charge in [-0.25, -0.2) is 10.1 Å². The predicted molar refractivity (Wildman–Crippen MR) is 285 cm³/mol. The molecule has 6 aromatic carbocycles. The van der Waals surface area contributed by atoms with Crippen molar-refractivity contribution in [2.24, 2.45) is 0 Å². The Bertz CT molecular complexity index is 2320. The number of amides is 2. The lowest BCUT2D eigenvalue weighted by Crippen LogP contribution is -2.68. The fraction of sp³-hybridized carbons (Fsp3) is 0.333. The molecule has 2 amide bonds. The first-order valence-electron chi connectivity index (χ1n) is 24.2. The number of phenolic OH excluding ortho intramolecular Hbond substituents is 2. The molecule has 0 heterocycles. The van der Waals surface area contributed by atoms with Gasteiger partial charge in [0.05, 0.1) is 6.10 Å². The minimum Gasteiger partial charge on any atom is -0.508 e. The van der Waals surface area contributed by atoms with E-state index in [1.165, 1.54) is 10.1 Å². The van der Waals surface area contributed by atoms with Crippen molar-refractivity contribution < 1.29 is 34.0 Å². The average Bonchev–Trinajstić information content (AvgIpc) is 3.34. The number of hydrogen-bond acceptors (Lipinski definition) is 9. The fourth-order valence-electron chi connectivity index (χ4n) is 9.47. The minimum atomic E-state index is -3.09. The van der Waals surface area contributed by atoms with E-state index in [4.69, 9.17) is 9.05 Å². The van der Waals surface area contributed by atoms with Crippen LogP contribution in [0.1, 0.15) is 65.5 Å². The molecule has 0 radical (unpaired) electrons. The molecule has 0 atom stereocenters. The Kier molecular flexibility index (Phi) is 18.2. The standard InChI is InChI=1S/C57H72N4O7Si2/c1-56(2,3)69(48-27-13-9-14-28-48,49-29-15-10-16-30-49)67-58(7)54(65)37-39-60(41-45-25-21-23-35-52(45)63)43-47(62)44-61(42-46-26-22-24-36-53(46)64)40-38-55(66)59(8)68-70(57(4,5)6,50-31-17-11-18-32-50)51-33-19-12-20-34-51/h9-36,47,62-64H,37-44H2,1-8H3. The van der Waals surface area contributed by atoms with Crippen LogP contribution in [0.2, 0.25) is 10.1 Å². The number of phenols is 2. The van der Waals surface area contributed by atoms with Crippen LogP contribution < -0.4 is 20.7 Å². The van der Waals surface area contributed by atoms with E-state index < -0.39 is 22.7 Å². The average molecular weight is 981 g/mol. The third-order valence-electron chi connectivity index (χ3n) is 13.1. The zero-order valence-electron chi connectivity index (χ0n) is 42.2. The summed E-state index contributed by atoms with van der Waals surface area (Å²) in [4.78, 5) is 32.4. The molecule has 0 fully saturated rings. The molecule has 13 heteroatoms. The van der Waals surface area contributed by atoms with Crippen LogP contribution in [0, 0.1) is 0 Å². The molecule has 11 nitrogen and oxygen atoms in total. The topological polar surface area (TPSA) is 126 Å². The van der Waals surface area contributed by atoms with E-state index in [1.807, 2.05) is 107 Å². The van der Waals surface area contributed by atoms with Gasteiger partial charge in [0.15, 0.2) is 0 Å². The summed E-state index contributed by atoms with van der Waals surface area (Å²) in [7, 11) is -2.83. The fourth-order valence-corrected chi connectivity index (χ4v) is 18.2. The van der Waals surface area contributed by atoms with Crippen molar-refractivity contribution in [2.45, 2.75) is 83.7 Å². The van der Waals surface area contributed by atoms with Gasteiger partial charge in [0.2, 0.25) is 11.8 Å². The van der Waals surface area contributed by atoms with E-state index in [-0.39, 0.29) is 85.5 Å². The minimum absolute atomic E-state index is 0.0722. The van der Waals surface area contributed by atoms with Crippen LogP contribution in [0.15, 0.2) is 170 Å². The Morgan fingerprint density at radius 1 is 0.471 bits per heavy atom. The smallest absolute Gasteiger partial charge is 0.296 e.